The minimum absolute atomic E-state index is 0.0922. The van der Waals surface area contributed by atoms with Gasteiger partial charge in [-0.25, -0.2) is 4.98 Å². The summed E-state index contributed by atoms with van der Waals surface area (Å²) in [6, 6.07) is 0.155. The van der Waals surface area contributed by atoms with Crippen molar-refractivity contribution >= 4 is 5.91 Å². The molecular weight excluding hydrogens is 256 g/mol. The Morgan fingerprint density at radius 2 is 2.40 bits per heavy atom. The number of aromatic nitrogens is 2. The minimum atomic E-state index is -0.0922. The van der Waals surface area contributed by atoms with Crippen molar-refractivity contribution in [3.05, 3.63) is 18.2 Å². The van der Waals surface area contributed by atoms with Gasteiger partial charge in [-0.15, -0.1) is 0 Å². The lowest BCUT2D eigenvalue weighted by molar-refractivity contribution is -0.139. The van der Waals surface area contributed by atoms with E-state index in [1.54, 1.807) is 13.3 Å². The largest absolute Gasteiger partial charge is 0.384 e. The Balaban J connectivity index is 2.06. The average Bonchev–Trinajstić information content (AvgIpc) is 3.00. The van der Waals surface area contributed by atoms with Crippen LogP contribution in [0.2, 0.25) is 0 Å². The number of carbonyl (C=O) groups excluding carboxylic acids is 1. The number of amides is 1. The molecule has 0 unspecified atom stereocenters. The molecule has 20 heavy (non-hydrogen) atoms. The van der Waals surface area contributed by atoms with Gasteiger partial charge >= 0.3 is 0 Å². The summed E-state index contributed by atoms with van der Waals surface area (Å²) >= 11 is 0. The van der Waals surface area contributed by atoms with Gasteiger partial charge in [-0.3, -0.25) is 9.69 Å². The van der Waals surface area contributed by atoms with Crippen molar-refractivity contribution in [2.45, 2.75) is 19.9 Å². The molecule has 0 aliphatic carbocycles. The van der Waals surface area contributed by atoms with Crippen LogP contribution in [-0.2, 0) is 9.53 Å². The summed E-state index contributed by atoms with van der Waals surface area (Å²) in [5, 5.41) is 0. The molecule has 1 aromatic rings. The molecule has 1 N–H and O–H groups in total. The molecule has 0 radical (unpaired) electrons. The maximum absolute atomic E-state index is 12.4. The maximum atomic E-state index is 12.4. The van der Waals surface area contributed by atoms with E-state index in [0.717, 1.165) is 25.5 Å². The third kappa shape index (κ3) is 3.19. The number of hydrogen-bond donors (Lipinski definition) is 1. The summed E-state index contributed by atoms with van der Waals surface area (Å²) in [4.78, 5) is 24.2. The van der Waals surface area contributed by atoms with Crippen LogP contribution >= 0.6 is 0 Å². The predicted molar refractivity (Wildman–Crippen MR) is 76.2 cm³/mol. The topological polar surface area (TPSA) is 61.5 Å². The van der Waals surface area contributed by atoms with Gasteiger partial charge in [0.1, 0.15) is 5.82 Å². The van der Waals surface area contributed by atoms with Crippen LogP contribution in [0.15, 0.2) is 12.4 Å². The number of imidazole rings is 1. The van der Waals surface area contributed by atoms with Crippen molar-refractivity contribution in [2.75, 3.05) is 39.9 Å². The zero-order valence-corrected chi connectivity index (χ0v) is 12.5. The first-order valence-corrected chi connectivity index (χ1v) is 7.18. The molecule has 2 atom stereocenters. The number of hydrogen-bond acceptors (Lipinski definition) is 4. The van der Waals surface area contributed by atoms with Gasteiger partial charge in [0, 0.05) is 39.1 Å². The number of carbonyl (C=O) groups is 1. The molecule has 1 fully saturated rings. The number of rotatable bonds is 5. The minimum Gasteiger partial charge on any atom is -0.384 e. The number of nitrogens with one attached hydrogen (secondary N) is 1. The maximum Gasteiger partial charge on any atom is 0.227 e. The van der Waals surface area contributed by atoms with Crippen LogP contribution in [-0.4, -0.2) is 65.6 Å². The van der Waals surface area contributed by atoms with Crippen molar-refractivity contribution in [3.8, 4) is 0 Å². The van der Waals surface area contributed by atoms with Crippen LogP contribution in [0.4, 0.5) is 0 Å². The van der Waals surface area contributed by atoms with Gasteiger partial charge in [-0.05, 0) is 6.54 Å². The SMILES string of the molecule is CCN1CCN(C(=O)[C@H](C)COC)C[C@@H]1c1ncc[nH]1. The van der Waals surface area contributed by atoms with E-state index >= 15 is 0 Å². The van der Waals surface area contributed by atoms with Gasteiger partial charge in [0.15, 0.2) is 0 Å². The van der Waals surface area contributed by atoms with E-state index in [9.17, 15) is 4.79 Å². The van der Waals surface area contributed by atoms with E-state index in [0.29, 0.717) is 13.2 Å². The summed E-state index contributed by atoms with van der Waals surface area (Å²) in [5.41, 5.74) is 0. The van der Waals surface area contributed by atoms with E-state index in [-0.39, 0.29) is 17.9 Å². The fraction of sp³-hybridized carbons (Fsp3) is 0.714. The summed E-state index contributed by atoms with van der Waals surface area (Å²) in [7, 11) is 1.63. The number of nitrogens with zero attached hydrogens (tertiary/aromatic N) is 3. The van der Waals surface area contributed by atoms with Gasteiger partial charge in [0.25, 0.3) is 0 Å². The summed E-state index contributed by atoms with van der Waals surface area (Å²) in [6.07, 6.45) is 3.59. The molecule has 1 aliphatic heterocycles. The highest BCUT2D eigenvalue weighted by Gasteiger charge is 2.32. The van der Waals surface area contributed by atoms with Crippen LogP contribution in [0.5, 0.6) is 0 Å². The first-order valence-electron chi connectivity index (χ1n) is 7.18. The average molecular weight is 280 g/mol. The van der Waals surface area contributed by atoms with E-state index in [2.05, 4.69) is 21.8 Å². The van der Waals surface area contributed by atoms with Crippen molar-refractivity contribution < 1.29 is 9.53 Å². The molecule has 6 heteroatoms. The van der Waals surface area contributed by atoms with E-state index in [4.69, 9.17) is 4.74 Å². The second kappa shape index (κ2) is 6.85. The Morgan fingerprint density at radius 3 is 3.00 bits per heavy atom. The predicted octanol–water partition coefficient (Wildman–Crippen LogP) is 0.897. The van der Waals surface area contributed by atoms with Crippen molar-refractivity contribution in [2.24, 2.45) is 5.92 Å². The molecule has 112 valence electrons. The molecule has 1 amide bonds. The molecule has 0 saturated carbocycles. The van der Waals surface area contributed by atoms with E-state index in [1.807, 2.05) is 18.0 Å². The summed E-state index contributed by atoms with van der Waals surface area (Å²) < 4.78 is 5.08. The van der Waals surface area contributed by atoms with Crippen molar-refractivity contribution in [1.82, 2.24) is 19.8 Å². The van der Waals surface area contributed by atoms with Gasteiger partial charge in [-0.1, -0.05) is 13.8 Å². The number of aromatic amines is 1. The second-order valence-corrected chi connectivity index (χ2v) is 5.26. The Bertz CT molecular complexity index is 421. The third-order valence-corrected chi connectivity index (χ3v) is 3.88. The van der Waals surface area contributed by atoms with Crippen molar-refractivity contribution in [1.29, 1.82) is 0 Å². The van der Waals surface area contributed by atoms with Crippen LogP contribution in [0.1, 0.15) is 25.7 Å². The highest BCUT2D eigenvalue weighted by Crippen LogP contribution is 2.23. The number of piperazine rings is 1. The van der Waals surface area contributed by atoms with Gasteiger partial charge in [0.2, 0.25) is 5.91 Å². The molecule has 6 nitrogen and oxygen atoms in total. The smallest absolute Gasteiger partial charge is 0.227 e. The Hall–Kier alpha value is -1.40. The second-order valence-electron chi connectivity index (χ2n) is 5.26. The van der Waals surface area contributed by atoms with Crippen LogP contribution in [0, 0.1) is 5.92 Å². The van der Waals surface area contributed by atoms with Crippen LogP contribution < -0.4 is 0 Å². The monoisotopic (exact) mass is 280 g/mol. The zero-order chi connectivity index (χ0) is 14.5. The fourth-order valence-corrected chi connectivity index (χ4v) is 2.75. The lowest BCUT2D eigenvalue weighted by Crippen LogP contribution is -2.52. The summed E-state index contributed by atoms with van der Waals surface area (Å²) in [5.74, 6) is 1.01. The normalized spacial score (nSPS) is 21.9. The molecule has 2 heterocycles. The Labute approximate surface area is 120 Å². The standard InChI is InChI=1S/C14H24N4O2/c1-4-17-7-8-18(14(19)11(2)10-20-3)9-12(17)13-15-5-6-16-13/h5-6,11-12H,4,7-10H2,1-3H3,(H,15,16)/t11-,12-/m1/s1. The first-order chi connectivity index (χ1) is 9.67. The third-order valence-electron chi connectivity index (χ3n) is 3.88. The zero-order valence-electron chi connectivity index (χ0n) is 12.5. The van der Waals surface area contributed by atoms with Gasteiger partial charge in [-0.2, -0.15) is 0 Å². The van der Waals surface area contributed by atoms with Gasteiger partial charge < -0.3 is 14.6 Å². The summed E-state index contributed by atoms with van der Waals surface area (Å²) in [6.45, 7) is 7.83. The molecule has 0 spiro atoms. The van der Waals surface area contributed by atoms with Gasteiger partial charge in [0.05, 0.1) is 18.6 Å². The Morgan fingerprint density at radius 1 is 1.60 bits per heavy atom. The van der Waals surface area contributed by atoms with Crippen LogP contribution in [0.3, 0.4) is 0 Å². The molecule has 0 bridgehead atoms. The molecular formula is C14H24N4O2. The lowest BCUT2D eigenvalue weighted by atomic mass is 10.1. The van der Waals surface area contributed by atoms with E-state index in [1.165, 1.54) is 0 Å². The highest BCUT2D eigenvalue weighted by molar-refractivity contribution is 5.78. The molecule has 1 aromatic heterocycles. The molecule has 1 aliphatic rings. The van der Waals surface area contributed by atoms with Crippen LogP contribution in [0.25, 0.3) is 0 Å². The van der Waals surface area contributed by atoms with Crippen molar-refractivity contribution in [3.63, 3.8) is 0 Å². The quantitative estimate of drug-likeness (QED) is 0.870. The number of ether oxygens (including phenoxy) is 1. The lowest BCUT2D eigenvalue weighted by Gasteiger charge is -2.40. The van der Waals surface area contributed by atoms with E-state index < -0.39 is 0 Å². The first kappa shape index (κ1) is 15.0. The number of methoxy groups -OCH3 is 1. The fourth-order valence-electron chi connectivity index (χ4n) is 2.75. The highest BCUT2D eigenvalue weighted by atomic mass is 16.5. The molecule has 1 saturated heterocycles. The molecule has 2 rings (SSSR count). The Kier molecular flexibility index (Phi) is 5.14. The number of H-pyrrole nitrogens is 1. The number of likely N-dealkylation sites (N-methyl/N-ethyl adjacent to an activating group) is 1. The molecule has 0 aromatic carbocycles.